The highest BCUT2D eigenvalue weighted by molar-refractivity contribution is 9.10. The fraction of sp³-hybridized carbons (Fsp3) is 0.300. The molecule has 0 radical (unpaired) electrons. The minimum atomic E-state index is -0.167. The van der Waals surface area contributed by atoms with Crippen molar-refractivity contribution in [2.45, 2.75) is 32.1 Å². The summed E-state index contributed by atoms with van der Waals surface area (Å²) in [7, 11) is 0. The van der Waals surface area contributed by atoms with E-state index in [4.69, 9.17) is 0 Å². The Kier molecular flexibility index (Phi) is 6.32. The van der Waals surface area contributed by atoms with Crippen LogP contribution in [-0.2, 0) is 10.2 Å². The number of hydrogen-bond donors (Lipinski definition) is 1. The van der Waals surface area contributed by atoms with E-state index in [1.165, 1.54) is 0 Å². The second kappa shape index (κ2) is 8.25. The van der Waals surface area contributed by atoms with Crippen molar-refractivity contribution in [3.63, 3.8) is 0 Å². The minimum absolute atomic E-state index is 0.00193. The summed E-state index contributed by atoms with van der Waals surface area (Å²) in [6.07, 6.45) is 0.443. The Morgan fingerprint density at radius 3 is 2.21 bits per heavy atom. The first-order valence-corrected chi connectivity index (χ1v) is 8.79. The van der Waals surface area contributed by atoms with Crippen molar-refractivity contribution in [1.29, 1.82) is 0 Å². The Hall–Kier alpha value is -1.94. The molecule has 0 atom stereocenters. The van der Waals surface area contributed by atoms with Gasteiger partial charge < -0.3 is 5.32 Å². The summed E-state index contributed by atoms with van der Waals surface area (Å²) >= 11 is 3.43. The first-order valence-electron chi connectivity index (χ1n) is 7.99. The number of Topliss-reactive ketones (excluding diaryl/α,β-unsaturated/α-hetero) is 1. The molecule has 0 saturated heterocycles. The van der Waals surface area contributed by atoms with E-state index in [1.807, 2.05) is 30.3 Å². The highest BCUT2D eigenvalue weighted by atomic mass is 79.9. The fourth-order valence-corrected chi connectivity index (χ4v) is 2.67. The number of nitrogens with one attached hydrogen (secondary N) is 1. The Bertz CT molecular complexity index is 693. The maximum Gasteiger partial charge on any atom is 0.220 e. The third kappa shape index (κ3) is 5.31. The van der Waals surface area contributed by atoms with Crippen molar-refractivity contribution < 1.29 is 9.59 Å². The van der Waals surface area contributed by atoms with Crippen LogP contribution in [0.3, 0.4) is 0 Å². The van der Waals surface area contributed by atoms with Crippen LogP contribution < -0.4 is 5.32 Å². The summed E-state index contributed by atoms with van der Waals surface area (Å²) in [5.41, 5.74) is 1.65. The van der Waals surface area contributed by atoms with E-state index in [9.17, 15) is 9.59 Å². The van der Waals surface area contributed by atoms with Gasteiger partial charge in [-0.25, -0.2) is 0 Å². The maximum atomic E-state index is 12.0. The van der Waals surface area contributed by atoms with Gasteiger partial charge in [-0.15, -0.1) is 0 Å². The minimum Gasteiger partial charge on any atom is -0.355 e. The Morgan fingerprint density at radius 2 is 1.58 bits per heavy atom. The van der Waals surface area contributed by atoms with Crippen LogP contribution in [0.5, 0.6) is 0 Å². The maximum absolute atomic E-state index is 12.0. The van der Waals surface area contributed by atoms with E-state index in [0.717, 1.165) is 10.0 Å². The van der Waals surface area contributed by atoms with Crippen molar-refractivity contribution in [3.8, 4) is 0 Å². The Balaban J connectivity index is 1.82. The van der Waals surface area contributed by atoms with Gasteiger partial charge in [0.1, 0.15) is 0 Å². The number of amides is 1. The molecule has 2 aromatic rings. The third-order valence-electron chi connectivity index (χ3n) is 4.03. The highest BCUT2D eigenvalue weighted by Crippen LogP contribution is 2.24. The topological polar surface area (TPSA) is 46.2 Å². The lowest BCUT2D eigenvalue weighted by Gasteiger charge is -2.25. The van der Waals surface area contributed by atoms with Gasteiger partial charge in [0.2, 0.25) is 5.91 Å². The molecule has 0 unspecified atom stereocenters. The van der Waals surface area contributed by atoms with Gasteiger partial charge in [-0.05, 0) is 17.7 Å². The Morgan fingerprint density at radius 1 is 0.958 bits per heavy atom. The lowest BCUT2D eigenvalue weighted by atomic mass is 9.84. The van der Waals surface area contributed by atoms with Gasteiger partial charge in [0.25, 0.3) is 0 Å². The second-order valence-electron chi connectivity index (χ2n) is 6.46. The van der Waals surface area contributed by atoms with Crippen molar-refractivity contribution in [2.24, 2.45) is 0 Å². The van der Waals surface area contributed by atoms with Gasteiger partial charge in [0, 0.05) is 34.8 Å². The summed E-state index contributed by atoms with van der Waals surface area (Å²) in [6, 6.07) is 17.2. The monoisotopic (exact) mass is 387 g/mol. The van der Waals surface area contributed by atoms with Crippen LogP contribution in [0.25, 0.3) is 0 Å². The van der Waals surface area contributed by atoms with E-state index < -0.39 is 0 Å². The van der Waals surface area contributed by atoms with Crippen LogP contribution in [0.4, 0.5) is 0 Å². The zero-order chi connectivity index (χ0) is 17.6. The smallest absolute Gasteiger partial charge is 0.220 e. The summed E-state index contributed by atoms with van der Waals surface area (Å²) in [5, 5.41) is 2.94. The number of benzene rings is 2. The molecular formula is C20H22BrNO2. The zero-order valence-electron chi connectivity index (χ0n) is 14.0. The fourth-order valence-electron chi connectivity index (χ4n) is 2.41. The number of ketones is 1. The average molecular weight is 388 g/mol. The van der Waals surface area contributed by atoms with Crippen LogP contribution in [0, 0.1) is 0 Å². The average Bonchev–Trinajstić information content (AvgIpc) is 2.59. The van der Waals surface area contributed by atoms with E-state index >= 15 is 0 Å². The van der Waals surface area contributed by atoms with Crippen molar-refractivity contribution in [3.05, 3.63) is 70.2 Å². The SMILES string of the molecule is CC(C)(CNC(=O)CCC(=O)c1ccccc1)c1ccc(Br)cc1. The molecule has 0 aliphatic rings. The second-order valence-corrected chi connectivity index (χ2v) is 7.37. The van der Waals surface area contributed by atoms with Gasteiger partial charge in [-0.1, -0.05) is 72.2 Å². The van der Waals surface area contributed by atoms with E-state index in [2.05, 4.69) is 47.2 Å². The van der Waals surface area contributed by atoms with Crippen molar-refractivity contribution in [2.75, 3.05) is 6.54 Å². The molecule has 2 rings (SSSR count). The molecular weight excluding hydrogens is 366 g/mol. The molecule has 0 spiro atoms. The first-order chi connectivity index (χ1) is 11.4. The molecule has 24 heavy (non-hydrogen) atoms. The molecule has 2 aromatic carbocycles. The number of halogens is 1. The molecule has 0 heterocycles. The first kappa shape index (κ1) is 18.4. The van der Waals surface area contributed by atoms with Crippen LogP contribution >= 0.6 is 15.9 Å². The van der Waals surface area contributed by atoms with Crippen LogP contribution in [-0.4, -0.2) is 18.2 Å². The quantitative estimate of drug-likeness (QED) is 0.710. The molecule has 0 fully saturated rings. The molecule has 0 bridgehead atoms. The van der Waals surface area contributed by atoms with Gasteiger partial charge in [-0.3, -0.25) is 9.59 Å². The lowest BCUT2D eigenvalue weighted by Crippen LogP contribution is -2.36. The van der Waals surface area contributed by atoms with Crippen LogP contribution in [0.15, 0.2) is 59.1 Å². The number of rotatable bonds is 7. The van der Waals surface area contributed by atoms with Crippen molar-refractivity contribution in [1.82, 2.24) is 5.32 Å². The normalized spacial score (nSPS) is 11.1. The highest BCUT2D eigenvalue weighted by Gasteiger charge is 2.21. The van der Waals surface area contributed by atoms with E-state index in [1.54, 1.807) is 12.1 Å². The molecule has 0 saturated carbocycles. The summed E-state index contributed by atoms with van der Waals surface area (Å²) in [6.45, 7) is 4.71. The van der Waals surface area contributed by atoms with Gasteiger partial charge in [0.05, 0.1) is 0 Å². The van der Waals surface area contributed by atoms with Gasteiger partial charge >= 0.3 is 0 Å². The molecule has 0 aliphatic carbocycles. The summed E-state index contributed by atoms with van der Waals surface area (Å²) < 4.78 is 1.03. The van der Waals surface area contributed by atoms with E-state index in [-0.39, 0.29) is 29.9 Å². The van der Waals surface area contributed by atoms with Gasteiger partial charge in [0.15, 0.2) is 5.78 Å². The molecule has 0 aliphatic heterocycles. The summed E-state index contributed by atoms with van der Waals surface area (Å²) in [4.78, 5) is 24.1. The lowest BCUT2D eigenvalue weighted by molar-refractivity contribution is -0.121. The third-order valence-corrected chi connectivity index (χ3v) is 4.56. The molecule has 126 valence electrons. The Labute approximate surface area is 151 Å². The largest absolute Gasteiger partial charge is 0.355 e. The predicted octanol–water partition coefficient (Wildman–Crippen LogP) is 4.51. The summed E-state index contributed by atoms with van der Waals surface area (Å²) in [5.74, 6) is -0.0950. The predicted molar refractivity (Wildman–Crippen MR) is 100 cm³/mol. The van der Waals surface area contributed by atoms with Crippen LogP contribution in [0.2, 0.25) is 0 Å². The van der Waals surface area contributed by atoms with Gasteiger partial charge in [-0.2, -0.15) is 0 Å². The number of hydrogen-bond acceptors (Lipinski definition) is 2. The zero-order valence-corrected chi connectivity index (χ0v) is 15.6. The standard InChI is InChI=1S/C20H22BrNO2/c1-20(2,16-8-10-17(21)11-9-16)14-22-19(24)13-12-18(23)15-6-4-3-5-7-15/h3-11H,12-14H2,1-2H3,(H,22,24). The molecule has 1 amide bonds. The number of carbonyl (C=O) groups excluding carboxylic acids is 2. The van der Waals surface area contributed by atoms with Crippen LogP contribution in [0.1, 0.15) is 42.6 Å². The van der Waals surface area contributed by atoms with E-state index in [0.29, 0.717) is 12.1 Å². The van der Waals surface area contributed by atoms with Crippen molar-refractivity contribution >= 4 is 27.6 Å². The molecule has 0 aromatic heterocycles. The number of carbonyl (C=O) groups is 2. The molecule has 4 heteroatoms. The molecule has 1 N–H and O–H groups in total. The molecule has 3 nitrogen and oxygen atoms in total.